The number of anilines is 2. The highest BCUT2D eigenvalue weighted by molar-refractivity contribution is 5.80. The van der Waals surface area contributed by atoms with Crippen LogP contribution in [0.15, 0.2) is 48.5 Å². The lowest BCUT2D eigenvalue weighted by molar-refractivity contribution is 0.416. The van der Waals surface area contributed by atoms with Gasteiger partial charge in [0.05, 0.1) is 13.7 Å². The minimum absolute atomic E-state index is 0.776. The fourth-order valence-electron chi connectivity index (χ4n) is 3.19. The third-order valence-electron chi connectivity index (χ3n) is 4.52. The molecule has 0 fully saturated rings. The number of hydrogen-bond donors (Lipinski definition) is 2. The molecule has 0 atom stereocenters. The van der Waals surface area contributed by atoms with Crippen LogP contribution in [0.1, 0.15) is 11.4 Å². The first-order valence-corrected chi connectivity index (χ1v) is 8.53. The molecule has 0 unspecified atom stereocenters. The summed E-state index contributed by atoms with van der Waals surface area (Å²) in [6.45, 7) is 4.71. The smallest absolute Gasteiger partial charge is 0.139 e. The second-order valence-corrected chi connectivity index (χ2v) is 6.24. The van der Waals surface area contributed by atoms with Gasteiger partial charge in [0.2, 0.25) is 0 Å². The van der Waals surface area contributed by atoms with Crippen LogP contribution in [0.3, 0.4) is 0 Å². The number of methoxy groups -OCH3 is 1. The molecule has 0 spiro atoms. The predicted octanol–water partition coefficient (Wildman–Crippen LogP) is 3.71. The molecule has 2 aromatic carbocycles. The molecule has 2 N–H and O–H groups in total. The zero-order valence-corrected chi connectivity index (χ0v) is 14.5. The molecule has 0 amide bonds. The van der Waals surface area contributed by atoms with E-state index in [-0.39, 0.29) is 0 Å². The van der Waals surface area contributed by atoms with Crippen LogP contribution in [-0.4, -0.2) is 23.2 Å². The first kappa shape index (κ1) is 15.7. The van der Waals surface area contributed by atoms with E-state index in [1.165, 1.54) is 5.56 Å². The molecule has 0 bridgehead atoms. The molecule has 128 valence electrons. The molecular weight excluding hydrogens is 312 g/mol. The van der Waals surface area contributed by atoms with Crippen molar-refractivity contribution in [1.82, 2.24) is 14.9 Å². The van der Waals surface area contributed by atoms with Crippen molar-refractivity contribution in [2.45, 2.75) is 20.0 Å². The Kier molecular flexibility index (Phi) is 4.15. The summed E-state index contributed by atoms with van der Waals surface area (Å²) < 4.78 is 7.82. The van der Waals surface area contributed by atoms with Crippen molar-refractivity contribution in [2.24, 2.45) is 0 Å². The summed E-state index contributed by atoms with van der Waals surface area (Å²) in [6, 6.07) is 16.4. The molecule has 5 nitrogen and oxygen atoms in total. The van der Waals surface area contributed by atoms with Gasteiger partial charge in [0.25, 0.3) is 0 Å². The number of fused-ring (bicyclic) bond motifs is 1. The quantitative estimate of drug-likeness (QED) is 0.764. The Morgan fingerprint density at radius 2 is 1.92 bits per heavy atom. The largest absolute Gasteiger partial charge is 0.496 e. The highest BCUT2D eigenvalue weighted by Gasteiger charge is 2.22. The predicted molar refractivity (Wildman–Crippen MR) is 100 cm³/mol. The third-order valence-corrected chi connectivity index (χ3v) is 4.52. The number of para-hydroxylation sites is 1. The molecule has 3 aromatic rings. The van der Waals surface area contributed by atoms with E-state index in [1.807, 2.05) is 18.2 Å². The SMILES string of the molecule is COc1ccccc1-c1nc2n(c1Nc1ccc(C)cc1)CCNC2. The van der Waals surface area contributed by atoms with Gasteiger partial charge in [-0.15, -0.1) is 0 Å². The fourth-order valence-corrected chi connectivity index (χ4v) is 3.19. The molecule has 1 aromatic heterocycles. The number of hydrogen-bond acceptors (Lipinski definition) is 4. The number of nitrogens with zero attached hydrogens (tertiary/aromatic N) is 2. The van der Waals surface area contributed by atoms with Gasteiger partial charge < -0.3 is 19.9 Å². The summed E-state index contributed by atoms with van der Waals surface area (Å²) in [7, 11) is 1.70. The number of benzene rings is 2. The summed E-state index contributed by atoms with van der Waals surface area (Å²) in [5.41, 5.74) is 4.23. The maximum absolute atomic E-state index is 5.56. The Labute approximate surface area is 147 Å². The van der Waals surface area contributed by atoms with Crippen molar-refractivity contribution in [1.29, 1.82) is 0 Å². The molecule has 0 radical (unpaired) electrons. The number of ether oxygens (including phenoxy) is 1. The van der Waals surface area contributed by atoms with Crippen LogP contribution < -0.4 is 15.4 Å². The third kappa shape index (κ3) is 2.98. The molecule has 0 saturated heterocycles. The molecule has 0 aliphatic carbocycles. The molecule has 25 heavy (non-hydrogen) atoms. The van der Waals surface area contributed by atoms with Crippen molar-refractivity contribution in [3.8, 4) is 17.0 Å². The van der Waals surface area contributed by atoms with E-state index in [0.717, 1.165) is 54.0 Å². The minimum Gasteiger partial charge on any atom is -0.496 e. The number of rotatable bonds is 4. The average molecular weight is 334 g/mol. The van der Waals surface area contributed by atoms with Gasteiger partial charge in [0.15, 0.2) is 0 Å². The van der Waals surface area contributed by atoms with Crippen LogP contribution in [0.4, 0.5) is 11.5 Å². The van der Waals surface area contributed by atoms with Crippen molar-refractivity contribution < 1.29 is 4.74 Å². The van der Waals surface area contributed by atoms with Gasteiger partial charge in [0.1, 0.15) is 23.1 Å². The van der Waals surface area contributed by atoms with Crippen LogP contribution in [0.25, 0.3) is 11.3 Å². The van der Waals surface area contributed by atoms with E-state index in [4.69, 9.17) is 9.72 Å². The van der Waals surface area contributed by atoms with Gasteiger partial charge in [-0.1, -0.05) is 29.8 Å². The fraction of sp³-hybridized carbons (Fsp3) is 0.250. The highest BCUT2D eigenvalue weighted by Crippen LogP contribution is 2.37. The van der Waals surface area contributed by atoms with Crippen LogP contribution in [0, 0.1) is 6.92 Å². The zero-order valence-electron chi connectivity index (χ0n) is 14.5. The number of imidazole rings is 1. The normalized spacial score (nSPS) is 13.4. The van der Waals surface area contributed by atoms with Gasteiger partial charge in [-0.25, -0.2) is 4.98 Å². The first-order valence-electron chi connectivity index (χ1n) is 8.53. The van der Waals surface area contributed by atoms with Gasteiger partial charge in [-0.2, -0.15) is 0 Å². The number of aryl methyl sites for hydroxylation is 1. The Hall–Kier alpha value is -2.79. The summed E-state index contributed by atoms with van der Waals surface area (Å²) in [5, 5.41) is 6.97. The monoisotopic (exact) mass is 334 g/mol. The second-order valence-electron chi connectivity index (χ2n) is 6.24. The van der Waals surface area contributed by atoms with E-state index in [1.54, 1.807) is 7.11 Å². The second kappa shape index (κ2) is 6.61. The van der Waals surface area contributed by atoms with Gasteiger partial charge in [-0.05, 0) is 31.2 Å². The standard InChI is InChI=1S/C20H22N4O/c1-14-7-9-15(10-8-14)22-20-19(16-5-3-4-6-17(16)25-2)23-18-13-21-11-12-24(18)20/h3-10,21-22H,11-13H2,1-2H3. The van der Waals surface area contributed by atoms with Crippen LogP contribution in [0.5, 0.6) is 5.75 Å². The maximum Gasteiger partial charge on any atom is 0.139 e. The van der Waals surface area contributed by atoms with E-state index in [9.17, 15) is 0 Å². The number of nitrogens with one attached hydrogen (secondary N) is 2. The van der Waals surface area contributed by atoms with Gasteiger partial charge >= 0.3 is 0 Å². The van der Waals surface area contributed by atoms with Crippen molar-refractivity contribution in [3.63, 3.8) is 0 Å². The summed E-state index contributed by atoms with van der Waals surface area (Å²) in [6.07, 6.45) is 0. The van der Waals surface area contributed by atoms with Gasteiger partial charge in [0, 0.05) is 24.3 Å². The lowest BCUT2D eigenvalue weighted by Gasteiger charge is -2.18. The van der Waals surface area contributed by atoms with Crippen LogP contribution >= 0.6 is 0 Å². The molecule has 4 rings (SSSR count). The maximum atomic E-state index is 5.56. The molecule has 0 saturated carbocycles. The molecule has 1 aliphatic rings. The average Bonchev–Trinajstić information content (AvgIpc) is 3.02. The molecular formula is C20H22N4O. The Morgan fingerprint density at radius 3 is 2.72 bits per heavy atom. The van der Waals surface area contributed by atoms with E-state index < -0.39 is 0 Å². The van der Waals surface area contributed by atoms with E-state index >= 15 is 0 Å². The zero-order chi connectivity index (χ0) is 17.2. The number of aromatic nitrogens is 2. The van der Waals surface area contributed by atoms with E-state index in [0.29, 0.717) is 0 Å². The summed E-state index contributed by atoms with van der Waals surface area (Å²) >= 11 is 0. The lowest BCUT2D eigenvalue weighted by atomic mass is 10.1. The van der Waals surface area contributed by atoms with Crippen molar-refractivity contribution in [2.75, 3.05) is 19.0 Å². The van der Waals surface area contributed by atoms with Crippen LogP contribution in [-0.2, 0) is 13.1 Å². The minimum atomic E-state index is 0.776. The van der Waals surface area contributed by atoms with Crippen molar-refractivity contribution in [3.05, 3.63) is 59.9 Å². The Balaban J connectivity index is 1.83. The summed E-state index contributed by atoms with van der Waals surface area (Å²) in [5.74, 6) is 2.89. The molecule has 1 aliphatic heterocycles. The highest BCUT2D eigenvalue weighted by atomic mass is 16.5. The first-order chi connectivity index (χ1) is 12.3. The molecule has 5 heteroatoms. The Morgan fingerprint density at radius 1 is 1.12 bits per heavy atom. The molecule has 2 heterocycles. The Bertz CT molecular complexity index is 883. The van der Waals surface area contributed by atoms with Gasteiger partial charge in [-0.3, -0.25) is 0 Å². The van der Waals surface area contributed by atoms with Crippen molar-refractivity contribution >= 4 is 11.5 Å². The van der Waals surface area contributed by atoms with Crippen LogP contribution in [0.2, 0.25) is 0 Å². The summed E-state index contributed by atoms with van der Waals surface area (Å²) in [4.78, 5) is 4.90. The van der Waals surface area contributed by atoms with E-state index in [2.05, 4.69) is 52.5 Å². The topological polar surface area (TPSA) is 51.1 Å². The lowest BCUT2D eigenvalue weighted by Crippen LogP contribution is -2.28.